The summed E-state index contributed by atoms with van der Waals surface area (Å²) >= 11 is 1.41. The fourth-order valence-corrected chi connectivity index (χ4v) is 4.98. The van der Waals surface area contributed by atoms with Gasteiger partial charge in [0.15, 0.2) is 4.34 Å². The van der Waals surface area contributed by atoms with Crippen LogP contribution in [0.4, 0.5) is 0 Å². The number of para-hydroxylation sites is 1. The first-order valence-electron chi connectivity index (χ1n) is 4.38. The Bertz CT molecular complexity index is 541. The van der Waals surface area contributed by atoms with Crippen LogP contribution in [0, 0.1) is 0 Å². The van der Waals surface area contributed by atoms with Crippen molar-refractivity contribution < 1.29 is 8.42 Å². The van der Waals surface area contributed by atoms with E-state index >= 15 is 0 Å². The van der Waals surface area contributed by atoms with E-state index in [1.807, 2.05) is 24.3 Å². The molecule has 0 amide bonds. The van der Waals surface area contributed by atoms with E-state index in [-0.39, 0.29) is 5.75 Å². The summed E-state index contributed by atoms with van der Waals surface area (Å²) in [7, 11) is -2.20. The molecule has 0 radical (unpaired) electrons. The van der Waals surface area contributed by atoms with Crippen LogP contribution in [0.2, 0.25) is 0 Å². The fourth-order valence-electron chi connectivity index (χ4n) is 1.05. The van der Waals surface area contributed by atoms with Crippen molar-refractivity contribution in [1.82, 2.24) is 4.98 Å². The predicted octanol–water partition coefficient (Wildman–Crippen LogP) is 2.74. The fraction of sp³-hybridized carbons (Fsp3) is 0.222. The molecular formula is C9H9NO2S3. The Balaban J connectivity index is 2.38. The van der Waals surface area contributed by atoms with Crippen LogP contribution in [-0.2, 0) is 8.87 Å². The molecule has 0 spiro atoms. The van der Waals surface area contributed by atoms with Crippen LogP contribution in [0.3, 0.4) is 0 Å². The SMILES string of the molecule is CCS(=O)(=O)Sc1nc2ccccc2s1. The molecule has 0 aliphatic rings. The normalized spacial score (nSPS) is 12.1. The highest BCUT2D eigenvalue weighted by Crippen LogP contribution is 2.32. The maximum absolute atomic E-state index is 11.4. The van der Waals surface area contributed by atoms with E-state index in [0.29, 0.717) is 4.34 Å². The molecule has 1 aromatic heterocycles. The van der Waals surface area contributed by atoms with Gasteiger partial charge in [0.25, 0.3) is 0 Å². The van der Waals surface area contributed by atoms with Crippen molar-refractivity contribution in [1.29, 1.82) is 0 Å². The summed E-state index contributed by atoms with van der Waals surface area (Å²) in [5, 5.41) is 0. The summed E-state index contributed by atoms with van der Waals surface area (Å²) in [4.78, 5) is 4.25. The minimum atomic E-state index is -3.06. The van der Waals surface area contributed by atoms with Crippen molar-refractivity contribution in [3.05, 3.63) is 24.3 Å². The summed E-state index contributed by atoms with van der Waals surface area (Å²) in [5.74, 6) is 0.133. The highest BCUT2D eigenvalue weighted by molar-refractivity contribution is 8.72. The van der Waals surface area contributed by atoms with Crippen molar-refractivity contribution in [3.8, 4) is 0 Å². The minimum Gasteiger partial charge on any atom is -0.229 e. The Hall–Kier alpha value is -0.590. The molecule has 0 bridgehead atoms. The van der Waals surface area contributed by atoms with Crippen LogP contribution in [0.25, 0.3) is 10.2 Å². The second-order valence-corrected chi connectivity index (χ2v) is 8.44. The van der Waals surface area contributed by atoms with E-state index in [9.17, 15) is 8.42 Å². The molecule has 15 heavy (non-hydrogen) atoms. The maximum Gasteiger partial charge on any atom is 0.208 e. The summed E-state index contributed by atoms with van der Waals surface area (Å²) in [6, 6.07) is 7.64. The van der Waals surface area contributed by atoms with E-state index in [2.05, 4.69) is 4.98 Å². The van der Waals surface area contributed by atoms with Crippen molar-refractivity contribution in [2.45, 2.75) is 11.3 Å². The van der Waals surface area contributed by atoms with Crippen molar-refractivity contribution in [3.63, 3.8) is 0 Å². The van der Waals surface area contributed by atoms with Crippen LogP contribution in [-0.4, -0.2) is 19.2 Å². The Morgan fingerprint density at radius 2 is 2.13 bits per heavy atom. The van der Waals surface area contributed by atoms with Gasteiger partial charge < -0.3 is 0 Å². The second kappa shape index (κ2) is 4.11. The number of fused-ring (bicyclic) bond motifs is 1. The van der Waals surface area contributed by atoms with Gasteiger partial charge in [-0.3, -0.25) is 0 Å². The number of hydrogen-bond acceptors (Lipinski definition) is 5. The lowest BCUT2D eigenvalue weighted by Gasteiger charge is -1.93. The summed E-state index contributed by atoms with van der Waals surface area (Å²) in [6.45, 7) is 1.63. The molecule has 6 heteroatoms. The van der Waals surface area contributed by atoms with Gasteiger partial charge in [0.05, 0.1) is 16.0 Å². The number of hydrogen-bond donors (Lipinski definition) is 0. The second-order valence-electron chi connectivity index (χ2n) is 2.88. The molecule has 0 N–H and O–H groups in total. The van der Waals surface area contributed by atoms with Gasteiger partial charge in [0, 0.05) is 10.8 Å². The smallest absolute Gasteiger partial charge is 0.208 e. The maximum atomic E-state index is 11.4. The van der Waals surface area contributed by atoms with Crippen molar-refractivity contribution in [2.75, 3.05) is 5.75 Å². The van der Waals surface area contributed by atoms with Crippen LogP contribution >= 0.6 is 22.1 Å². The molecule has 0 saturated carbocycles. The molecule has 2 rings (SSSR count). The summed E-state index contributed by atoms with van der Waals surface area (Å²) < 4.78 is 24.4. The van der Waals surface area contributed by atoms with Gasteiger partial charge in [-0.05, 0) is 12.1 Å². The lowest BCUT2D eigenvalue weighted by Crippen LogP contribution is -1.95. The number of thiazole rings is 1. The molecule has 2 aromatic rings. The molecule has 0 unspecified atom stereocenters. The summed E-state index contributed by atoms with van der Waals surface area (Å²) in [6.07, 6.45) is 0. The van der Waals surface area contributed by atoms with Gasteiger partial charge >= 0.3 is 0 Å². The molecular weight excluding hydrogens is 250 g/mol. The zero-order chi connectivity index (χ0) is 10.9. The standard InChI is InChI=1S/C9H9NO2S3/c1-2-15(11,12)14-9-10-7-5-3-4-6-8(7)13-9/h3-6H,2H2,1H3. The van der Waals surface area contributed by atoms with E-state index < -0.39 is 8.87 Å². The lowest BCUT2D eigenvalue weighted by molar-refractivity contribution is 0.611. The van der Waals surface area contributed by atoms with Gasteiger partial charge in [0.2, 0.25) is 8.87 Å². The van der Waals surface area contributed by atoms with Gasteiger partial charge in [0.1, 0.15) is 0 Å². The van der Waals surface area contributed by atoms with Gasteiger partial charge in [-0.25, -0.2) is 13.4 Å². The van der Waals surface area contributed by atoms with Gasteiger partial charge in [-0.1, -0.05) is 19.1 Å². The van der Waals surface area contributed by atoms with Crippen LogP contribution < -0.4 is 0 Å². The number of aromatic nitrogens is 1. The number of benzene rings is 1. The molecule has 0 aliphatic heterocycles. The largest absolute Gasteiger partial charge is 0.229 e. The highest BCUT2D eigenvalue weighted by Gasteiger charge is 2.13. The molecule has 0 fully saturated rings. The monoisotopic (exact) mass is 259 g/mol. The van der Waals surface area contributed by atoms with Crippen LogP contribution in [0.1, 0.15) is 6.92 Å². The van der Waals surface area contributed by atoms with E-state index in [1.54, 1.807) is 6.92 Å². The first-order valence-corrected chi connectivity index (χ1v) is 8.18. The number of rotatable bonds is 3. The molecule has 0 atom stereocenters. The molecule has 80 valence electrons. The Kier molecular flexibility index (Phi) is 2.99. The Morgan fingerprint density at radius 1 is 1.40 bits per heavy atom. The van der Waals surface area contributed by atoms with Crippen molar-refractivity contribution >= 4 is 41.2 Å². The zero-order valence-corrected chi connectivity index (χ0v) is 10.5. The molecule has 0 saturated heterocycles. The predicted molar refractivity (Wildman–Crippen MR) is 64.9 cm³/mol. The molecule has 1 heterocycles. The minimum absolute atomic E-state index is 0.133. The Morgan fingerprint density at radius 3 is 2.80 bits per heavy atom. The third kappa shape index (κ3) is 2.50. The van der Waals surface area contributed by atoms with E-state index in [1.165, 1.54) is 11.3 Å². The average molecular weight is 259 g/mol. The topological polar surface area (TPSA) is 47.0 Å². The lowest BCUT2D eigenvalue weighted by atomic mass is 10.3. The van der Waals surface area contributed by atoms with Gasteiger partial charge in [-0.15, -0.1) is 11.3 Å². The van der Waals surface area contributed by atoms with E-state index in [4.69, 9.17) is 0 Å². The average Bonchev–Trinajstić information content (AvgIpc) is 2.58. The molecule has 3 nitrogen and oxygen atoms in total. The van der Waals surface area contributed by atoms with E-state index in [0.717, 1.165) is 21.0 Å². The number of nitrogens with zero attached hydrogens (tertiary/aromatic N) is 1. The first-order chi connectivity index (χ1) is 7.11. The van der Waals surface area contributed by atoms with Crippen LogP contribution in [0.5, 0.6) is 0 Å². The molecule has 0 aliphatic carbocycles. The third-order valence-corrected chi connectivity index (χ3v) is 6.61. The zero-order valence-electron chi connectivity index (χ0n) is 8.00. The van der Waals surface area contributed by atoms with Crippen LogP contribution in [0.15, 0.2) is 28.6 Å². The quantitative estimate of drug-likeness (QED) is 0.795. The highest BCUT2D eigenvalue weighted by atomic mass is 33.1. The van der Waals surface area contributed by atoms with Crippen molar-refractivity contribution in [2.24, 2.45) is 0 Å². The Labute approximate surface area is 95.9 Å². The third-order valence-electron chi connectivity index (χ3n) is 1.83. The molecule has 1 aromatic carbocycles. The first kappa shape index (κ1) is 10.9. The summed E-state index contributed by atoms with van der Waals surface area (Å²) in [5.41, 5.74) is 0.858. The van der Waals surface area contributed by atoms with Gasteiger partial charge in [-0.2, -0.15) is 0 Å².